The van der Waals surface area contributed by atoms with E-state index < -0.39 is 24.3 Å². The number of aryl methyl sites for hydroxylation is 1. The van der Waals surface area contributed by atoms with E-state index in [0.29, 0.717) is 28.3 Å². The Hall–Kier alpha value is -3.82. The molecule has 34 heavy (non-hydrogen) atoms. The first kappa shape index (κ1) is 20.8. The van der Waals surface area contributed by atoms with Crippen molar-refractivity contribution in [1.82, 2.24) is 19.7 Å². The van der Waals surface area contributed by atoms with Crippen molar-refractivity contribution in [3.05, 3.63) is 71.1 Å². The van der Waals surface area contributed by atoms with E-state index in [1.807, 2.05) is 0 Å². The number of benzene rings is 2. The Balaban J connectivity index is 1.47. The fourth-order valence-electron chi connectivity index (χ4n) is 4.97. The number of hydrogen-bond acceptors (Lipinski definition) is 4. The Morgan fingerprint density at radius 3 is 2.68 bits per heavy atom. The van der Waals surface area contributed by atoms with Crippen molar-refractivity contribution in [3.63, 3.8) is 0 Å². The molecule has 4 aromatic rings. The van der Waals surface area contributed by atoms with E-state index in [-0.39, 0.29) is 24.4 Å². The Kier molecular flexibility index (Phi) is 4.33. The molecule has 4 heterocycles. The monoisotopic (exact) mass is 466 g/mol. The first-order valence-corrected chi connectivity index (χ1v) is 11.0. The summed E-state index contributed by atoms with van der Waals surface area (Å²) in [5.41, 5.74) is 4.32. The Bertz CT molecular complexity index is 1460. The summed E-state index contributed by atoms with van der Waals surface area (Å²) >= 11 is 0. The molecule has 1 N–H and O–H groups in total. The minimum absolute atomic E-state index is 0.160. The molecule has 0 radical (unpaired) electrons. The molecule has 1 saturated heterocycles. The number of aromatic nitrogens is 4. The van der Waals surface area contributed by atoms with Crippen LogP contribution < -0.4 is 9.80 Å². The van der Waals surface area contributed by atoms with Crippen LogP contribution in [0.25, 0.3) is 11.0 Å². The molecule has 0 spiro atoms. The predicted octanol–water partition coefficient (Wildman–Crippen LogP) is 4.34. The minimum atomic E-state index is -2.78. The van der Waals surface area contributed by atoms with E-state index in [9.17, 15) is 13.6 Å². The Morgan fingerprint density at radius 2 is 1.94 bits per heavy atom. The summed E-state index contributed by atoms with van der Waals surface area (Å²) in [6, 6.07) is 9.04. The van der Waals surface area contributed by atoms with Crippen molar-refractivity contribution < 1.29 is 18.0 Å². The number of H-pyrrole nitrogens is 1. The van der Waals surface area contributed by atoms with Gasteiger partial charge in [-0.25, -0.2) is 18.2 Å². The highest BCUT2D eigenvalue weighted by atomic mass is 19.3. The predicted molar refractivity (Wildman–Crippen MR) is 121 cm³/mol. The molecular formula is C24H21F3N6O. The second-order valence-electron chi connectivity index (χ2n) is 8.88. The highest BCUT2D eigenvalue weighted by Crippen LogP contribution is 2.44. The van der Waals surface area contributed by atoms with Crippen LogP contribution in [0.15, 0.2) is 42.7 Å². The number of carbonyl (C=O) groups excluding carboxylic acids is 1. The second-order valence-corrected chi connectivity index (χ2v) is 8.88. The molecule has 1 fully saturated rings. The van der Waals surface area contributed by atoms with Gasteiger partial charge in [0.25, 0.3) is 11.8 Å². The molecule has 2 aromatic carbocycles. The quantitative estimate of drug-likeness (QED) is 0.488. The average Bonchev–Trinajstić information content (AvgIpc) is 3.53. The number of nitrogens with zero attached hydrogens (tertiary/aromatic N) is 5. The molecule has 2 aliphatic heterocycles. The Labute approximate surface area is 192 Å². The van der Waals surface area contributed by atoms with E-state index >= 15 is 4.39 Å². The number of halogens is 3. The molecule has 7 nitrogen and oxygen atoms in total. The maximum atomic E-state index is 15.6. The minimum Gasteiger partial charge on any atom is -0.365 e. The maximum Gasteiger partial charge on any atom is 0.266 e. The molecule has 10 heteroatoms. The van der Waals surface area contributed by atoms with Crippen LogP contribution in [-0.2, 0) is 7.05 Å². The van der Waals surface area contributed by atoms with Gasteiger partial charge >= 0.3 is 0 Å². The number of amides is 1. The maximum absolute atomic E-state index is 15.6. The van der Waals surface area contributed by atoms with Crippen molar-refractivity contribution in [2.75, 3.05) is 22.9 Å². The molecule has 0 aliphatic carbocycles. The lowest BCUT2D eigenvalue weighted by molar-refractivity contribution is 0.0257. The van der Waals surface area contributed by atoms with Crippen LogP contribution in [0.5, 0.6) is 0 Å². The first-order chi connectivity index (χ1) is 16.2. The van der Waals surface area contributed by atoms with Gasteiger partial charge in [0.15, 0.2) is 0 Å². The van der Waals surface area contributed by atoms with E-state index in [0.717, 1.165) is 11.0 Å². The average molecular weight is 466 g/mol. The third-order valence-electron chi connectivity index (χ3n) is 6.81. The van der Waals surface area contributed by atoms with Crippen molar-refractivity contribution in [3.8, 4) is 0 Å². The third kappa shape index (κ3) is 3.01. The number of anilines is 2. The number of aromatic amines is 1. The highest BCUT2D eigenvalue weighted by Gasteiger charge is 2.44. The Morgan fingerprint density at radius 1 is 1.15 bits per heavy atom. The van der Waals surface area contributed by atoms with E-state index in [4.69, 9.17) is 0 Å². The third-order valence-corrected chi connectivity index (χ3v) is 6.81. The zero-order valence-corrected chi connectivity index (χ0v) is 18.5. The number of hydrogen-bond donors (Lipinski definition) is 1. The van der Waals surface area contributed by atoms with Gasteiger partial charge < -0.3 is 9.88 Å². The standard InChI is InChI=1S/C24H21F3N6O/c1-13-20-21(30-31(13)2)22(33(23(20)34)15-4-6-18-19(10-15)29-12-28-18)16-5-3-14(9-17(16)25)32-8-7-24(26,27)11-32/h3-6,9-10,12,22H,7-8,11H2,1-2H3,(H,28,29). The lowest BCUT2D eigenvalue weighted by Gasteiger charge is -2.27. The summed E-state index contributed by atoms with van der Waals surface area (Å²) in [6.45, 7) is 1.52. The normalized spacial score (nSPS) is 19.4. The summed E-state index contributed by atoms with van der Waals surface area (Å²) in [4.78, 5) is 23.8. The lowest BCUT2D eigenvalue weighted by atomic mass is 10.0. The molecule has 1 atom stereocenters. The molecule has 1 unspecified atom stereocenters. The van der Waals surface area contributed by atoms with Crippen molar-refractivity contribution in [2.24, 2.45) is 7.05 Å². The zero-order valence-electron chi connectivity index (χ0n) is 18.5. The van der Waals surface area contributed by atoms with Gasteiger partial charge in [0.05, 0.1) is 29.5 Å². The number of nitrogens with one attached hydrogen (secondary N) is 1. The molecule has 1 amide bonds. The van der Waals surface area contributed by atoms with Crippen LogP contribution in [0.1, 0.15) is 39.8 Å². The molecular weight excluding hydrogens is 445 g/mol. The van der Waals surface area contributed by atoms with Crippen LogP contribution in [0, 0.1) is 12.7 Å². The fraction of sp³-hybridized carbons (Fsp3) is 0.292. The van der Waals surface area contributed by atoms with Crippen LogP contribution in [0.3, 0.4) is 0 Å². The topological polar surface area (TPSA) is 70.1 Å². The van der Waals surface area contributed by atoms with Gasteiger partial charge in [-0.1, -0.05) is 6.07 Å². The zero-order chi connectivity index (χ0) is 23.8. The van der Waals surface area contributed by atoms with Crippen LogP contribution in [0.2, 0.25) is 0 Å². The summed E-state index contributed by atoms with van der Waals surface area (Å²) in [5, 5.41) is 4.54. The first-order valence-electron chi connectivity index (χ1n) is 11.0. The highest BCUT2D eigenvalue weighted by molar-refractivity contribution is 6.12. The van der Waals surface area contributed by atoms with Gasteiger partial charge in [0, 0.05) is 42.6 Å². The van der Waals surface area contributed by atoms with Crippen LogP contribution >= 0.6 is 0 Å². The number of alkyl halides is 2. The van der Waals surface area contributed by atoms with Gasteiger partial charge in [0.1, 0.15) is 17.6 Å². The van der Waals surface area contributed by atoms with Gasteiger partial charge in [0.2, 0.25) is 0 Å². The van der Waals surface area contributed by atoms with Crippen molar-refractivity contribution >= 4 is 28.3 Å². The van der Waals surface area contributed by atoms with Crippen LogP contribution in [0.4, 0.5) is 24.5 Å². The molecule has 0 saturated carbocycles. The van der Waals surface area contributed by atoms with E-state index in [1.165, 1.54) is 15.9 Å². The van der Waals surface area contributed by atoms with Crippen molar-refractivity contribution in [1.29, 1.82) is 0 Å². The van der Waals surface area contributed by atoms with Gasteiger partial charge in [-0.3, -0.25) is 14.4 Å². The molecule has 6 rings (SSSR count). The summed E-state index contributed by atoms with van der Waals surface area (Å²) in [6.07, 6.45) is 1.31. The largest absolute Gasteiger partial charge is 0.365 e. The van der Waals surface area contributed by atoms with E-state index in [1.54, 1.807) is 55.3 Å². The number of carbonyl (C=O) groups is 1. The number of rotatable bonds is 3. The van der Waals surface area contributed by atoms with Crippen molar-refractivity contribution in [2.45, 2.75) is 25.3 Å². The molecule has 174 valence electrons. The van der Waals surface area contributed by atoms with E-state index in [2.05, 4.69) is 15.1 Å². The summed E-state index contributed by atoms with van der Waals surface area (Å²) < 4.78 is 44.5. The van der Waals surface area contributed by atoms with Gasteiger partial charge in [-0.2, -0.15) is 5.10 Å². The molecule has 2 aliphatic rings. The smallest absolute Gasteiger partial charge is 0.266 e. The van der Waals surface area contributed by atoms with Crippen LogP contribution in [-0.4, -0.2) is 44.7 Å². The molecule has 0 bridgehead atoms. The van der Waals surface area contributed by atoms with Gasteiger partial charge in [-0.05, 0) is 37.3 Å². The fourth-order valence-corrected chi connectivity index (χ4v) is 4.97. The van der Waals surface area contributed by atoms with Gasteiger partial charge in [-0.15, -0.1) is 0 Å². The number of fused-ring (bicyclic) bond motifs is 2. The summed E-state index contributed by atoms with van der Waals surface area (Å²) in [7, 11) is 1.74. The summed E-state index contributed by atoms with van der Waals surface area (Å²) in [5.74, 6) is -3.63. The molecule has 2 aromatic heterocycles. The lowest BCUT2D eigenvalue weighted by Crippen LogP contribution is -2.30. The number of imidazole rings is 1. The second kappa shape index (κ2) is 7.09. The SMILES string of the molecule is Cc1c2c(nn1C)C(c1ccc(N3CCC(F)(F)C3)cc1F)N(c1ccc3nc[nH]c3c1)C2=O.